The summed E-state index contributed by atoms with van der Waals surface area (Å²) in [7, 11) is 0. The first kappa shape index (κ1) is 16.9. The molecule has 0 saturated carbocycles. The Bertz CT molecular complexity index is 404. The summed E-state index contributed by atoms with van der Waals surface area (Å²) in [5.41, 5.74) is 4.57. The Kier molecular flexibility index (Phi) is 6.03. The molecule has 1 atom stereocenters. The number of allylic oxidation sites excluding steroid dienone is 2. The molecule has 0 bridgehead atoms. The lowest BCUT2D eigenvalue weighted by Gasteiger charge is -2.15. The van der Waals surface area contributed by atoms with Gasteiger partial charge in [-0.15, -0.1) is 0 Å². The number of carboxylic acids is 1. The van der Waals surface area contributed by atoms with E-state index in [1.807, 2.05) is 0 Å². The van der Waals surface area contributed by atoms with Crippen LogP contribution in [0.5, 0.6) is 0 Å². The van der Waals surface area contributed by atoms with Crippen molar-refractivity contribution in [1.29, 1.82) is 0 Å². The molecule has 0 aromatic rings. The molecule has 0 spiro atoms. The Balaban J connectivity index is 4.68. The SMILES string of the molecule is C/C(=C/C(=O)C(F)(F)F)NC(CCC(N)=O)C(=O)O. The number of nitrogens with two attached hydrogens (primary N) is 1. The van der Waals surface area contributed by atoms with Gasteiger partial charge >= 0.3 is 12.1 Å². The smallest absolute Gasteiger partial charge is 0.454 e. The third kappa shape index (κ3) is 7.06. The molecule has 0 aliphatic rings. The zero-order valence-corrected chi connectivity index (χ0v) is 9.95. The average Bonchev–Trinajstić information content (AvgIpc) is 2.21. The standard InChI is InChI=1S/C10H13F3N2O4/c1-5(4-7(16)10(11,12)13)15-6(9(18)19)2-3-8(14)17/h4,6,15H,2-3H2,1H3,(H2,14,17)(H,18,19)/b5-4-. The van der Waals surface area contributed by atoms with Gasteiger partial charge in [-0.2, -0.15) is 13.2 Å². The number of hydrogen-bond donors (Lipinski definition) is 3. The third-order valence-electron chi connectivity index (χ3n) is 2.01. The van der Waals surface area contributed by atoms with Crippen molar-refractivity contribution in [3.8, 4) is 0 Å². The van der Waals surface area contributed by atoms with Crippen LogP contribution in [0.4, 0.5) is 13.2 Å². The van der Waals surface area contributed by atoms with Gasteiger partial charge in [-0.3, -0.25) is 9.59 Å². The number of nitrogens with one attached hydrogen (secondary N) is 1. The van der Waals surface area contributed by atoms with Crippen molar-refractivity contribution in [2.75, 3.05) is 0 Å². The van der Waals surface area contributed by atoms with E-state index in [4.69, 9.17) is 10.8 Å². The summed E-state index contributed by atoms with van der Waals surface area (Å²) in [5, 5.41) is 11.0. The molecule has 0 fully saturated rings. The van der Waals surface area contributed by atoms with Crippen molar-refractivity contribution in [3.05, 3.63) is 11.8 Å². The van der Waals surface area contributed by atoms with Gasteiger partial charge < -0.3 is 16.2 Å². The van der Waals surface area contributed by atoms with Crippen molar-refractivity contribution in [3.63, 3.8) is 0 Å². The molecule has 9 heteroatoms. The molecule has 0 aliphatic carbocycles. The topological polar surface area (TPSA) is 109 Å². The number of ketones is 1. The number of carboxylic acid groups (broad SMARTS) is 1. The Labute approximate surface area is 106 Å². The molecule has 0 aromatic heterocycles. The van der Waals surface area contributed by atoms with Crippen molar-refractivity contribution in [2.45, 2.75) is 32.0 Å². The number of rotatable bonds is 7. The Morgan fingerprint density at radius 3 is 2.26 bits per heavy atom. The fourth-order valence-electron chi connectivity index (χ4n) is 1.14. The highest BCUT2D eigenvalue weighted by molar-refractivity contribution is 5.94. The van der Waals surface area contributed by atoms with Crippen LogP contribution in [0.2, 0.25) is 0 Å². The van der Waals surface area contributed by atoms with Crippen molar-refractivity contribution >= 4 is 17.7 Å². The van der Waals surface area contributed by atoms with Crippen molar-refractivity contribution in [2.24, 2.45) is 5.73 Å². The minimum atomic E-state index is -5.02. The molecule has 0 heterocycles. The maximum Gasteiger partial charge on any atom is 0.454 e. The highest BCUT2D eigenvalue weighted by Crippen LogP contribution is 2.17. The van der Waals surface area contributed by atoms with Crippen LogP contribution in [-0.4, -0.2) is 35.0 Å². The van der Waals surface area contributed by atoms with Crippen LogP contribution in [-0.2, 0) is 14.4 Å². The summed E-state index contributed by atoms with van der Waals surface area (Å²) in [6, 6.07) is -1.30. The zero-order valence-electron chi connectivity index (χ0n) is 9.95. The van der Waals surface area contributed by atoms with E-state index < -0.39 is 29.9 Å². The molecule has 19 heavy (non-hydrogen) atoms. The highest BCUT2D eigenvalue weighted by atomic mass is 19.4. The first-order valence-electron chi connectivity index (χ1n) is 5.11. The molecule has 0 radical (unpaired) electrons. The predicted octanol–water partition coefficient (Wildman–Crippen LogP) is 0.330. The van der Waals surface area contributed by atoms with Gasteiger partial charge in [0.2, 0.25) is 5.91 Å². The van der Waals surface area contributed by atoms with Gasteiger partial charge in [-0.25, -0.2) is 4.79 Å². The van der Waals surface area contributed by atoms with E-state index >= 15 is 0 Å². The first-order chi connectivity index (χ1) is 8.54. The number of primary amides is 1. The first-order valence-corrected chi connectivity index (χ1v) is 5.11. The number of alkyl halides is 3. The van der Waals surface area contributed by atoms with Crippen LogP contribution in [0.15, 0.2) is 11.8 Å². The van der Waals surface area contributed by atoms with Gasteiger partial charge in [0.1, 0.15) is 6.04 Å². The number of carbonyl (C=O) groups is 3. The van der Waals surface area contributed by atoms with Gasteiger partial charge in [-0.1, -0.05) is 0 Å². The summed E-state index contributed by atoms with van der Waals surface area (Å²) in [6.07, 6.45) is -5.21. The second-order valence-corrected chi connectivity index (χ2v) is 3.73. The number of carbonyl (C=O) groups excluding carboxylic acids is 2. The van der Waals surface area contributed by atoms with Gasteiger partial charge in [-0.05, 0) is 13.3 Å². The Hall–Kier alpha value is -2.06. The molecular formula is C10H13F3N2O4. The fraction of sp³-hybridized carbons (Fsp3) is 0.500. The summed E-state index contributed by atoms with van der Waals surface area (Å²) in [6.45, 7) is 1.11. The van der Waals surface area contributed by atoms with Gasteiger partial charge in [0.25, 0.3) is 5.78 Å². The lowest BCUT2D eigenvalue weighted by molar-refractivity contribution is -0.165. The molecular weight excluding hydrogens is 269 g/mol. The maximum absolute atomic E-state index is 12.0. The van der Waals surface area contributed by atoms with E-state index in [0.717, 1.165) is 6.92 Å². The Morgan fingerprint density at radius 2 is 1.89 bits per heavy atom. The second kappa shape index (κ2) is 6.76. The molecule has 1 amide bonds. The molecule has 0 aromatic carbocycles. The fourth-order valence-corrected chi connectivity index (χ4v) is 1.14. The lowest BCUT2D eigenvalue weighted by atomic mass is 10.1. The van der Waals surface area contributed by atoms with Crippen LogP contribution < -0.4 is 11.1 Å². The molecule has 0 aliphatic heterocycles. The quantitative estimate of drug-likeness (QED) is 0.583. The molecule has 6 nitrogen and oxygen atoms in total. The number of aliphatic carboxylic acids is 1. The van der Waals surface area contributed by atoms with E-state index in [1.54, 1.807) is 0 Å². The second-order valence-electron chi connectivity index (χ2n) is 3.73. The number of halogens is 3. The van der Waals surface area contributed by atoms with Crippen LogP contribution in [0.25, 0.3) is 0 Å². The van der Waals surface area contributed by atoms with Crippen LogP contribution >= 0.6 is 0 Å². The largest absolute Gasteiger partial charge is 0.480 e. The third-order valence-corrected chi connectivity index (χ3v) is 2.01. The summed E-state index contributed by atoms with van der Waals surface area (Å²) in [4.78, 5) is 31.9. The van der Waals surface area contributed by atoms with E-state index in [0.29, 0.717) is 0 Å². The minimum absolute atomic E-state index is 0.198. The number of hydrogen-bond acceptors (Lipinski definition) is 4. The molecule has 4 N–H and O–H groups in total. The zero-order chi connectivity index (χ0) is 15.2. The van der Waals surface area contributed by atoms with Gasteiger partial charge in [0, 0.05) is 18.2 Å². The van der Waals surface area contributed by atoms with E-state index in [1.165, 1.54) is 0 Å². The average molecular weight is 282 g/mol. The van der Waals surface area contributed by atoms with E-state index in [-0.39, 0.29) is 24.6 Å². The maximum atomic E-state index is 12.0. The van der Waals surface area contributed by atoms with E-state index in [2.05, 4.69) is 5.32 Å². The van der Waals surface area contributed by atoms with Crippen molar-refractivity contribution in [1.82, 2.24) is 5.32 Å². The summed E-state index contributed by atoms with van der Waals surface area (Å²) < 4.78 is 35.9. The van der Waals surface area contributed by atoms with Crippen LogP contribution in [0.1, 0.15) is 19.8 Å². The van der Waals surface area contributed by atoms with Crippen LogP contribution in [0.3, 0.4) is 0 Å². The van der Waals surface area contributed by atoms with Crippen LogP contribution in [0, 0.1) is 0 Å². The number of amides is 1. The Morgan fingerprint density at radius 1 is 1.37 bits per heavy atom. The molecule has 0 rings (SSSR count). The molecule has 1 unspecified atom stereocenters. The monoisotopic (exact) mass is 282 g/mol. The molecule has 0 saturated heterocycles. The van der Waals surface area contributed by atoms with Crippen molar-refractivity contribution < 1.29 is 32.7 Å². The minimum Gasteiger partial charge on any atom is -0.480 e. The highest BCUT2D eigenvalue weighted by Gasteiger charge is 2.36. The molecule has 108 valence electrons. The lowest BCUT2D eigenvalue weighted by Crippen LogP contribution is -2.37. The van der Waals surface area contributed by atoms with E-state index in [9.17, 15) is 27.6 Å². The normalized spacial score (nSPS) is 13.8. The van der Waals surface area contributed by atoms with Gasteiger partial charge in [0.15, 0.2) is 0 Å². The predicted molar refractivity (Wildman–Crippen MR) is 57.8 cm³/mol. The van der Waals surface area contributed by atoms with Gasteiger partial charge in [0.05, 0.1) is 0 Å². The summed E-state index contributed by atoms with van der Waals surface area (Å²) in [5.74, 6) is -4.20. The summed E-state index contributed by atoms with van der Waals surface area (Å²) >= 11 is 0.